The Balaban J connectivity index is 1.60. The second-order valence-electron chi connectivity index (χ2n) is 11.8. The maximum Gasteiger partial charge on any atom is 0.244 e. The summed E-state index contributed by atoms with van der Waals surface area (Å²) in [5.74, 6) is -0.619. The van der Waals surface area contributed by atoms with Crippen molar-refractivity contribution in [3.63, 3.8) is 0 Å². The van der Waals surface area contributed by atoms with Gasteiger partial charge in [-0.05, 0) is 58.7 Å². The van der Waals surface area contributed by atoms with Gasteiger partial charge in [0.1, 0.15) is 5.92 Å². The van der Waals surface area contributed by atoms with Gasteiger partial charge in [-0.2, -0.15) is 4.57 Å². The molecule has 4 aromatic rings. The van der Waals surface area contributed by atoms with Crippen molar-refractivity contribution >= 4 is 21.7 Å². The van der Waals surface area contributed by atoms with Crippen molar-refractivity contribution in [1.29, 1.82) is 0 Å². The van der Waals surface area contributed by atoms with Crippen LogP contribution in [0.15, 0.2) is 54.6 Å². The number of nitrogens with zero attached hydrogens (tertiary/aromatic N) is 1. The van der Waals surface area contributed by atoms with Gasteiger partial charge in [-0.25, -0.2) is 0 Å². The van der Waals surface area contributed by atoms with E-state index in [9.17, 15) is 5.11 Å². The molecular formula is C32H32NO2+. The SMILES string of the molecule is COC1(O)C2c3ccc4cccc5c4c3-c3c(cc4c(CC(C)C)cccc4[n+]3C21)C51CCCC1. The van der Waals surface area contributed by atoms with Crippen molar-refractivity contribution in [3.8, 4) is 11.3 Å². The van der Waals surface area contributed by atoms with Crippen molar-refractivity contribution in [1.82, 2.24) is 0 Å². The summed E-state index contributed by atoms with van der Waals surface area (Å²) in [6.45, 7) is 4.60. The zero-order valence-electron chi connectivity index (χ0n) is 20.8. The van der Waals surface area contributed by atoms with Crippen LogP contribution in [0.1, 0.15) is 73.7 Å². The van der Waals surface area contributed by atoms with E-state index in [1.165, 1.54) is 80.9 Å². The largest absolute Gasteiger partial charge is 0.360 e. The molecule has 3 aliphatic carbocycles. The van der Waals surface area contributed by atoms with Crippen molar-refractivity contribution in [2.75, 3.05) is 7.11 Å². The van der Waals surface area contributed by atoms with E-state index in [1.54, 1.807) is 7.11 Å². The summed E-state index contributed by atoms with van der Waals surface area (Å²) < 4.78 is 8.37. The first-order valence-electron chi connectivity index (χ1n) is 13.3. The number of ether oxygens (including phenoxy) is 1. The lowest BCUT2D eigenvalue weighted by atomic mass is 9.65. The molecular weight excluding hydrogens is 430 g/mol. The molecule has 1 spiro atoms. The number of hydrogen-bond acceptors (Lipinski definition) is 2. The highest BCUT2D eigenvalue weighted by molar-refractivity contribution is 6.05. The van der Waals surface area contributed by atoms with Crippen LogP contribution in [0.25, 0.3) is 32.9 Å². The van der Waals surface area contributed by atoms with Crippen LogP contribution in [0.5, 0.6) is 0 Å². The van der Waals surface area contributed by atoms with Crippen LogP contribution in [-0.4, -0.2) is 18.0 Å². The number of pyridine rings is 1. The van der Waals surface area contributed by atoms with E-state index < -0.39 is 5.79 Å². The summed E-state index contributed by atoms with van der Waals surface area (Å²) in [7, 11) is 1.67. The van der Waals surface area contributed by atoms with E-state index in [0.29, 0.717) is 5.92 Å². The van der Waals surface area contributed by atoms with Gasteiger partial charge in [-0.3, -0.25) is 0 Å². The van der Waals surface area contributed by atoms with E-state index in [2.05, 4.69) is 73.0 Å². The Bertz CT molecular complexity index is 1580. The highest BCUT2D eigenvalue weighted by Gasteiger charge is 2.77. The molecule has 3 aromatic carbocycles. The van der Waals surface area contributed by atoms with Gasteiger partial charge in [0.05, 0.1) is 5.56 Å². The van der Waals surface area contributed by atoms with Crippen LogP contribution in [-0.2, 0) is 16.6 Å². The molecule has 1 aromatic heterocycles. The summed E-state index contributed by atoms with van der Waals surface area (Å²) in [6, 6.07) is 20.7. The Morgan fingerprint density at radius 2 is 1.83 bits per heavy atom. The molecule has 0 amide bonds. The predicted octanol–water partition coefficient (Wildman–Crippen LogP) is 6.31. The smallest absolute Gasteiger partial charge is 0.244 e. The molecule has 2 heterocycles. The van der Waals surface area contributed by atoms with Gasteiger partial charge in [0.25, 0.3) is 0 Å². The van der Waals surface area contributed by atoms with E-state index >= 15 is 0 Å². The lowest BCUT2D eigenvalue weighted by molar-refractivity contribution is -0.678. The molecule has 2 saturated carbocycles. The fourth-order valence-corrected chi connectivity index (χ4v) is 8.25. The molecule has 0 radical (unpaired) electrons. The summed E-state index contributed by atoms with van der Waals surface area (Å²) >= 11 is 0. The van der Waals surface area contributed by atoms with E-state index in [4.69, 9.17) is 4.74 Å². The first-order chi connectivity index (χ1) is 17.0. The third-order valence-corrected chi connectivity index (χ3v) is 9.66. The Labute approximate surface area is 206 Å². The van der Waals surface area contributed by atoms with Gasteiger partial charge in [0.2, 0.25) is 23.0 Å². The van der Waals surface area contributed by atoms with Crippen LogP contribution in [0.4, 0.5) is 0 Å². The molecule has 0 saturated heterocycles. The number of fused-ring (bicyclic) bond motifs is 7. The van der Waals surface area contributed by atoms with Crippen molar-refractivity contribution in [2.24, 2.45) is 5.92 Å². The molecule has 3 heteroatoms. The number of aliphatic hydroxyl groups is 1. The lowest BCUT2D eigenvalue weighted by Crippen LogP contribution is -2.46. The van der Waals surface area contributed by atoms with Crippen LogP contribution < -0.4 is 4.57 Å². The zero-order valence-corrected chi connectivity index (χ0v) is 20.8. The number of hydrogen-bond donors (Lipinski definition) is 1. The van der Waals surface area contributed by atoms with Crippen molar-refractivity contribution in [2.45, 2.75) is 69.1 Å². The highest BCUT2D eigenvalue weighted by atomic mass is 16.6. The Hall–Kier alpha value is -2.75. The van der Waals surface area contributed by atoms with Crippen LogP contribution in [0, 0.1) is 5.92 Å². The first-order valence-corrected chi connectivity index (χ1v) is 13.3. The summed E-state index contributed by atoms with van der Waals surface area (Å²) in [6.07, 6.45) is 5.99. The minimum absolute atomic E-state index is 0.0395. The molecule has 3 nitrogen and oxygen atoms in total. The second-order valence-corrected chi connectivity index (χ2v) is 11.8. The molecule has 4 aliphatic rings. The normalized spacial score (nSPS) is 26.7. The van der Waals surface area contributed by atoms with E-state index in [-0.39, 0.29) is 17.4 Å². The van der Waals surface area contributed by atoms with Crippen LogP contribution in [0.2, 0.25) is 0 Å². The molecule has 1 N–H and O–H groups in total. The molecule has 176 valence electrons. The van der Waals surface area contributed by atoms with Crippen LogP contribution in [0.3, 0.4) is 0 Å². The van der Waals surface area contributed by atoms with E-state index in [0.717, 1.165) is 6.42 Å². The molecule has 8 rings (SSSR count). The van der Waals surface area contributed by atoms with Crippen molar-refractivity contribution < 1.29 is 14.4 Å². The Kier molecular flexibility index (Phi) is 3.81. The first kappa shape index (κ1) is 20.4. The number of benzene rings is 3. The molecule has 0 bridgehead atoms. The molecule has 35 heavy (non-hydrogen) atoms. The minimum Gasteiger partial charge on any atom is -0.360 e. The second kappa shape index (κ2) is 6.52. The topological polar surface area (TPSA) is 33.3 Å². The fourth-order valence-electron chi connectivity index (χ4n) is 8.25. The Morgan fingerprint density at radius 3 is 2.60 bits per heavy atom. The summed E-state index contributed by atoms with van der Waals surface area (Å²) in [5.41, 5.74) is 9.63. The lowest BCUT2D eigenvalue weighted by Gasteiger charge is -2.38. The standard InChI is InChI=1S/C32H32NO2/c1-18(2)16-20-9-7-11-25-22(20)17-24-29-27-21(28-30(33(25)29)32(28,34)35-3)13-12-19-8-6-10-23(26(19)27)31(24)14-4-5-15-31/h6-13,17-18,28,30,34H,4-5,14-16H2,1-3H3/q+1. The number of rotatable bonds is 3. The number of aromatic nitrogens is 1. The fraction of sp³-hybridized carbons (Fsp3) is 0.406. The monoisotopic (exact) mass is 462 g/mol. The average molecular weight is 463 g/mol. The Morgan fingerprint density at radius 1 is 1.03 bits per heavy atom. The summed E-state index contributed by atoms with van der Waals surface area (Å²) in [5, 5.41) is 15.8. The molecule has 1 aliphatic heterocycles. The van der Waals surface area contributed by atoms with Gasteiger partial charge < -0.3 is 9.84 Å². The van der Waals surface area contributed by atoms with Crippen LogP contribution >= 0.6 is 0 Å². The number of methoxy groups -OCH3 is 1. The maximum atomic E-state index is 11.8. The summed E-state index contributed by atoms with van der Waals surface area (Å²) in [4.78, 5) is 0. The van der Waals surface area contributed by atoms with Gasteiger partial charge in [-0.15, -0.1) is 0 Å². The maximum absolute atomic E-state index is 11.8. The molecule has 2 fully saturated rings. The predicted molar refractivity (Wildman–Crippen MR) is 139 cm³/mol. The van der Waals surface area contributed by atoms with Gasteiger partial charge in [0, 0.05) is 29.5 Å². The minimum atomic E-state index is -1.17. The van der Waals surface area contributed by atoms with E-state index in [1.807, 2.05) is 0 Å². The van der Waals surface area contributed by atoms with Gasteiger partial charge in [0.15, 0.2) is 0 Å². The quantitative estimate of drug-likeness (QED) is 0.286. The third-order valence-electron chi connectivity index (χ3n) is 9.66. The van der Waals surface area contributed by atoms with Crippen molar-refractivity contribution in [3.05, 3.63) is 76.9 Å². The molecule has 3 unspecified atom stereocenters. The van der Waals surface area contributed by atoms with Gasteiger partial charge >= 0.3 is 0 Å². The van der Waals surface area contributed by atoms with Gasteiger partial charge in [-0.1, -0.05) is 69.2 Å². The highest BCUT2D eigenvalue weighted by Crippen LogP contribution is 2.67. The average Bonchev–Trinajstić information content (AvgIpc) is 3.21. The zero-order chi connectivity index (χ0) is 23.7. The third kappa shape index (κ3) is 2.28. The molecule has 3 atom stereocenters.